The Balaban J connectivity index is 2.45. The van der Waals surface area contributed by atoms with Gasteiger partial charge >= 0.3 is 6.18 Å². The second-order valence-corrected chi connectivity index (χ2v) is 3.87. The summed E-state index contributed by atoms with van der Waals surface area (Å²) in [6.45, 7) is 3.31. The first-order valence-electron chi connectivity index (χ1n) is 5.22. The minimum Gasteiger partial charge on any atom is -0.258 e. The van der Waals surface area contributed by atoms with Crippen molar-refractivity contribution >= 4 is 0 Å². The number of hydrogen-bond acceptors (Lipinski definition) is 3. The molecule has 0 spiro atoms. The molecule has 0 saturated carbocycles. The fraction of sp³-hybridized carbons (Fsp3) is 0.250. The number of nitrogens with zero attached hydrogens (tertiary/aromatic N) is 3. The summed E-state index contributed by atoms with van der Waals surface area (Å²) in [4.78, 5) is 11.7. The molecule has 2 rings (SSSR count). The summed E-state index contributed by atoms with van der Waals surface area (Å²) in [7, 11) is 0. The molecule has 0 aliphatic heterocycles. The van der Waals surface area contributed by atoms with Crippen molar-refractivity contribution in [1.82, 2.24) is 15.0 Å². The van der Waals surface area contributed by atoms with Gasteiger partial charge in [0, 0.05) is 17.5 Å². The van der Waals surface area contributed by atoms with Crippen LogP contribution < -0.4 is 0 Å². The van der Waals surface area contributed by atoms with Gasteiger partial charge in [-0.1, -0.05) is 0 Å². The molecule has 0 amide bonds. The van der Waals surface area contributed by atoms with Gasteiger partial charge in [-0.2, -0.15) is 13.2 Å². The van der Waals surface area contributed by atoms with Crippen LogP contribution in [-0.2, 0) is 6.18 Å². The number of hydrogen-bond donors (Lipinski definition) is 0. The van der Waals surface area contributed by atoms with Crippen LogP contribution in [0.4, 0.5) is 13.2 Å². The molecule has 0 saturated heterocycles. The van der Waals surface area contributed by atoms with Crippen LogP contribution in [-0.4, -0.2) is 15.0 Å². The molecule has 6 heteroatoms. The molecular formula is C12H10F3N3. The Labute approximate surface area is 102 Å². The lowest BCUT2D eigenvalue weighted by atomic mass is 10.1. The van der Waals surface area contributed by atoms with Crippen molar-refractivity contribution in [3.8, 4) is 11.3 Å². The Bertz CT molecular complexity index is 562. The van der Waals surface area contributed by atoms with Crippen molar-refractivity contribution in [3.05, 3.63) is 41.6 Å². The molecule has 0 aliphatic carbocycles. The van der Waals surface area contributed by atoms with Gasteiger partial charge in [-0.3, -0.25) is 9.97 Å². The van der Waals surface area contributed by atoms with E-state index in [4.69, 9.17) is 0 Å². The Morgan fingerprint density at radius 2 is 1.72 bits per heavy atom. The predicted molar refractivity (Wildman–Crippen MR) is 59.7 cm³/mol. The highest BCUT2D eigenvalue weighted by Crippen LogP contribution is 2.30. The maximum absolute atomic E-state index is 12.5. The van der Waals surface area contributed by atoms with E-state index in [2.05, 4.69) is 15.0 Å². The van der Waals surface area contributed by atoms with E-state index in [9.17, 15) is 13.2 Å². The number of aromatic nitrogens is 3. The van der Waals surface area contributed by atoms with Crippen molar-refractivity contribution < 1.29 is 13.2 Å². The molecule has 0 unspecified atom stereocenters. The molecule has 2 aromatic rings. The van der Waals surface area contributed by atoms with E-state index in [0.29, 0.717) is 11.3 Å². The molecule has 94 valence electrons. The van der Waals surface area contributed by atoms with E-state index in [0.717, 1.165) is 11.8 Å². The van der Waals surface area contributed by atoms with Gasteiger partial charge in [0.25, 0.3) is 0 Å². The first-order chi connectivity index (χ1) is 8.38. The quantitative estimate of drug-likeness (QED) is 0.783. The third-order valence-electron chi connectivity index (χ3n) is 2.43. The van der Waals surface area contributed by atoms with E-state index in [1.807, 2.05) is 0 Å². The summed E-state index contributed by atoms with van der Waals surface area (Å²) in [5, 5.41) is 0. The summed E-state index contributed by atoms with van der Waals surface area (Å²) in [6.07, 6.45) is -1.35. The second-order valence-electron chi connectivity index (χ2n) is 3.87. The number of alkyl halides is 3. The number of halogens is 3. The molecule has 0 aromatic carbocycles. The summed E-state index contributed by atoms with van der Waals surface area (Å²) in [5.74, 6) is 0. The van der Waals surface area contributed by atoms with Crippen molar-refractivity contribution in [2.45, 2.75) is 20.0 Å². The van der Waals surface area contributed by atoms with Crippen LogP contribution in [0.25, 0.3) is 11.3 Å². The Hall–Kier alpha value is -1.98. The summed E-state index contributed by atoms with van der Waals surface area (Å²) < 4.78 is 37.4. The number of rotatable bonds is 1. The normalized spacial score (nSPS) is 11.6. The van der Waals surface area contributed by atoms with Crippen molar-refractivity contribution in [2.24, 2.45) is 0 Å². The molecule has 0 aliphatic rings. The summed E-state index contributed by atoms with van der Waals surface area (Å²) in [6, 6.07) is 2.31. The monoisotopic (exact) mass is 253 g/mol. The van der Waals surface area contributed by atoms with Crippen molar-refractivity contribution in [2.75, 3.05) is 0 Å². The van der Waals surface area contributed by atoms with Gasteiger partial charge in [0.2, 0.25) is 0 Å². The molecule has 0 N–H and O–H groups in total. The van der Waals surface area contributed by atoms with Gasteiger partial charge in [0.1, 0.15) is 5.69 Å². The lowest BCUT2D eigenvalue weighted by Gasteiger charge is -2.09. The van der Waals surface area contributed by atoms with Crippen LogP contribution >= 0.6 is 0 Å². The first-order valence-corrected chi connectivity index (χ1v) is 5.22. The molecule has 0 fully saturated rings. The third-order valence-corrected chi connectivity index (χ3v) is 2.43. The molecule has 3 nitrogen and oxygen atoms in total. The Morgan fingerprint density at radius 1 is 1.00 bits per heavy atom. The maximum Gasteiger partial charge on any atom is 0.433 e. The van der Waals surface area contributed by atoms with Crippen LogP contribution in [0.15, 0.2) is 24.5 Å². The lowest BCUT2D eigenvalue weighted by molar-refractivity contribution is -0.141. The van der Waals surface area contributed by atoms with Crippen LogP contribution in [0, 0.1) is 13.8 Å². The Kier molecular flexibility index (Phi) is 3.02. The highest BCUT2D eigenvalue weighted by molar-refractivity contribution is 5.60. The fourth-order valence-electron chi connectivity index (χ4n) is 1.52. The first kappa shape index (κ1) is 12.5. The fourth-order valence-corrected chi connectivity index (χ4v) is 1.52. The van der Waals surface area contributed by atoms with Crippen LogP contribution in [0.2, 0.25) is 0 Å². The maximum atomic E-state index is 12.5. The van der Waals surface area contributed by atoms with Gasteiger partial charge < -0.3 is 0 Å². The van der Waals surface area contributed by atoms with E-state index in [-0.39, 0.29) is 5.69 Å². The minimum absolute atomic E-state index is 0.281. The van der Waals surface area contributed by atoms with Gasteiger partial charge in [0.05, 0.1) is 17.6 Å². The summed E-state index contributed by atoms with van der Waals surface area (Å²) >= 11 is 0. The molecule has 2 heterocycles. The second kappa shape index (κ2) is 4.36. The van der Waals surface area contributed by atoms with Crippen LogP contribution in [0.3, 0.4) is 0 Å². The molecule has 0 atom stereocenters. The third kappa shape index (κ3) is 2.47. The molecule has 0 bridgehead atoms. The zero-order valence-electron chi connectivity index (χ0n) is 9.78. The molecule has 2 aromatic heterocycles. The molecule has 0 radical (unpaired) electrons. The van der Waals surface area contributed by atoms with E-state index >= 15 is 0 Å². The highest BCUT2D eigenvalue weighted by Gasteiger charge is 2.32. The zero-order chi connectivity index (χ0) is 13.3. The highest BCUT2D eigenvalue weighted by atomic mass is 19.4. The van der Waals surface area contributed by atoms with Gasteiger partial charge in [-0.25, -0.2) is 4.98 Å². The number of aryl methyl sites for hydroxylation is 2. The van der Waals surface area contributed by atoms with Gasteiger partial charge in [-0.15, -0.1) is 0 Å². The summed E-state index contributed by atoms with van der Waals surface area (Å²) in [5.41, 5.74) is 1.19. The topological polar surface area (TPSA) is 38.7 Å². The predicted octanol–water partition coefficient (Wildman–Crippen LogP) is 3.17. The Morgan fingerprint density at radius 3 is 2.22 bits per heavy atom. The largest absolute Gasteiger partial charge is 0.433 e. The lowest BCUT2D eigenvalue weighted by Crippen LogP contribution is -2.09. The molecule has 18 heavy (non-hydrogen) atoms. The van der Waals surface area contributed by atoms with Crippen molar-refractivity contribution in [1.29, 1.82) is 0 Å². The SMILES string of the molecule is Cc1cnc(-c2ccc(C(F)(F)F)nc2C)cn1. The molecular weight excluding hydrogens is 243 g/mol. The minimum atomic E-state index is -4.43. The smallest absolute Gasteiger partial charge is 0.258 e. The van der Waals surface area contributed by atoms with E-state index in [1.165, 1.54) is 19.2 Å². The number of pyridine rings is 1. The average molecular weight is 253 g/mol. The van der Waals surface area contributed by atoms with Crippen LogP contribution in [0.5, 0.6) is 0 Å². The van der Waals surface area contributed by atoms with E-state index < -0.39 is 11.9 Å². The zero-order valence-corrected chi connectivity index (χ0v) is 9.78. The van der Waals surface area contributed by atoms with Gasteiger partial charge in [-0.05, 0) is 26.0 Å². The van der Waals surface area contributed by atoms with Crippen molar-refractivity contribution in [3.63, 3.8) is 0 Å². The standard InChI is InChI=1S/C12H10F3N3/c1-7-5-17-10(6-16-7)9-3-4-11(12(13,14)15)18-8(9)2/h3-6H,1-2H3. The van der Waals surface area contributed by atoms with Crippen LogP contribution in [0.1, 0.15) is 17.1 Å². The average Bonchev–Trinajstić information content (AvgIpc) is 2.29. The van der Waals surface area contributed by atoms with E-state index in [1.54, 1.807) is 13.1 Å². The van der Waals surface area contributed by atoms with Gasteiger partial charge in [0.15, 0.2) is 0 Å².